The smallest absolute Gasteiger partial charge is 0.323 e. The zero-order valence-electron chi connectivity index (χ0n) is 11.1. The van der Waals surface area contributed by atoms with Gasteiger partial charge in [0.2, 0.25) is 5.91 Å². The van der Waals surface area contributed by atoms with Crippen molar-refractivity contribution in [2.24, 2.45) is 11.8 Å². The van der Waals surface area contributed by atoms with E-state index in [2.05, 4.69) is 0 Å². The van der Waals surface area contributed by atoms with Crippen molar-refractivity contribution < 1.29 is 14.7 Å². The lowest BCUT2D eigenvalue weighted by molar-refractivity contribution is -0.145. The summed E-state index contributed by atoms with van der Waals surface area (Å²) in [6.07, 6.45) is 1.58. The van der Waals surface area contributed by atoms with Crippen LogP contribution in [0.3, 0.4) is 0 Å². The summed E-state index contributed by atoms with van der Waals surface area (Å²) in [6.45, 7) is 2.30. The number of aliphatic carboxylic acids is 1. The molecule has 0 bridgehead atoms. The Morgan fingerprint density at radius 1 is 1.32 bits per heavy atom. The minimum absolute atomic E-state index is 0.00849. The Bertz CT molecular complexity index is 458. The third kappa shape index (κ3) is 3.81. The highest BCUT2D eigenvalue weighted by molar-refractivity contribution is 5.85. The zero-order chi connectivity index (χ0) is 13.8. The zero-order valence-corrected chi connectivity index (χ0v) is 11.1. The van der Waals surface area contributed by atoms with Crippen LogP contribution in [-0.2, 0) is 16.0 Å². The molecular weight excluding hydrogens is 242 g/mol. The van der Waals surface area contributed by atoms with E-state index in [9.17, 15) is 9.59 Å². The van der Waals surface area contributed by atoms with Crippen molar-refractivity contribution in [1.29, 1.82) is 0 Å². The van der Waals surface area contributed by atoms with Crippen molar-refractivity contribution >= 4 is 11.9 Å². The van der Waals surface area contributed by atoms with Gasteiger partial charge in [0.25, 0.3) is 0 Å². The van der Waals surface area contributed by atoms with Gasteiger partial charge in [0.15, 0.2) is 0 Å². The van der Waals surface area contributed by atoms with Crippen LogP contribution in [0, 0.1) is 11.8 Å². The first-order valence-electron chi connectivity index (χ1n) is 6.62. The minimum Gasteiger partial charge on any atom is -0.480 e. The number of carboxylic acids is 1. The van der Waals surface area contributed by atoms with Gasteiger partial charge in [0.05, 0.1) is 0 Å². The Hall–Kier alpha value is -1.84. The Morgan fingerprint density at radius 3 is 2.47 bits per heavy atom. The maximum Gasteiger partial charge on any atom is 0.323 e. The van der Waals surface area contributed by atoms with E-state index < -0.39 is 5.97 Å². The summed E-state index contributed by atoms with van der Waals surface area (Å²) < 4.78 is 0. The molecule has 1 N–H and O–H groups in total. The van der Waals surface area contributed by atoms with E-state index in [1.807, 2.05) is 37.3 Å². The fourth-order valence-corrected chi connectivity index (χ4v) is 2.24. The number of rotatable bonds is 6. The van der Waals surface area contributed by atoms with Crippen LogP contribution < -0.4 is 0 Å². The lowest BCUT2D eigenvalue weighted by atomic mass is 10.1. The maximum atomic E-state index is 12.1. The third-order valence-corrected chi connectivity index (χ3v) is 3.58. The molecule has 0 aliphatic heterocycles. The van der Waals surface area contributed by atoms with E-state index in [4.69, 9.17) is 5.11 Å². The van der Waals surface area contributed by atoms with Crippen molar-refractivity contribution in [1.82, 2.24) is 4.90 Å². The Labute approximate surface area is 113 Å². The van der Waals surface area contributed by atoms with E-state index in [-0.39, 0.29) is 18.4 Å². The summed E-state index contributed by atoms with van der Waals surface area (Å²) in [6, 6.07) is 9.81. The first-order chi connectivity index (χ1) is 9.08. The number of hydrogen-bond acceptors (Lipinski definition) is 2. The number of nitrogens with zero attached hydrogens (tertiary/aromatic N) is 1. The van der Waals surface area contributed by atoms with Crippen molar-refractivity contribution in [2.45, 2.75) is 19.8 Å². The van der Waals surface area contributed by atoms with Crippen molar-refractivity contribution in [3.05, 3.63) is 35.9 Å². The Morgan fingerprint density at radius 2 is 1.95 bits per heavy atom. The SMILES string of the molecule is CC1CC1C(=O)N(CCc1ccccc1)CC(=O)O. The summed E-state index contributed by atoms with van der Waals surface area (Å²) in [5, 5.41) is 8.90. The number of carbonyl (C=O) groups is 2. The summed E-state index contributed by atoms with van der Waals surface area (Å²) in [4.78, 5) is 24.5. The molecule has 102 valence electrons. The van der Waals surface area contributed by atoms with Crippen LogP contribution in [-0.4, -0.2) is 35.0 Å². The first-order valence-corrected chi connectivity index (χ1v) is 6.62. The molecule has 1 aliphatic carbocycles. The highest BCUT2D eigenvalue weighted by Crippen LogP contribution is 2.39. The number of carbonyl (C=O) groups excluding carboxylic acids is 1. The molecule has 0 radical (unpaired) electrons. The van der Waals surface area contributed by atoms with Crippen molar-refractivity contribution in [3.63, 3.8) is 0 Å². The molecule has 2 atom stereocenters. The quantitative estimate of drug-likeness (QED) is 0.849. The molecular formula is C15H19NO3. The molecule has 4 heteroatoms. The molecule has 1 aromatic rings. The van der Waals surface area contributed by atoms with Crippen molar-refractivity contribution in [3.8, 4) is 0 Å². The van der Waals surface area contributed by atoms with Gasteiger partial charge in [-0.25, -0.2) is 0 Å². The molecule has 1 saturated carbocycles. The monoisotopic (exact) mass is 261 g/mol. The molecule has 2 unspecified atom stereocenters. The van der Waals surface area contributed by atoms with Gasteiger partial charge in [-0.05, 0) is 24.3 Å². The van der Waals surface area contributed by atoms with Crippen LogP contribution in [0.5, 0.6) is 0 Å². The van der Waals surface area contributed by atoms with Gasteiger partial charge in [-0.1, -0.05) is 37.3 Å². The molecule has 1 fully saturated rings. The molecule has 0 spiro atoms. The van der Waals surface area contributed by atoms with E-state index in [0.29, 0.717) is 18.9 Å². The molecule has 0 heterocycles. The standard InChI is InChI=1S/C15H19NO3/c1-11-9-13(11)15(19)16(10-14(17)18)8-7-12-5-3-2-4-6-12/h2-6,11,13H,7-10H2,1H3,(H,17,18). The summed E-state index contributed by atoms with van der Waals surface area (Å²) in [7, 11) is 0. The number of hydrogen-bond donors (Lipinski definition) is 1. The second kappa shape index (κ2) is 5.87. The van der Waals surface area contributed by atoms with Gasteiger partial charge < -0.3 is 10.0 Å². The van der Waals surface area contributed by atoms with Crippen LogP contribution in [0.2, 0.25) is 0 Å². The van der Waals surface area contributed by atoms with Crippen LogP contribution in [0.15, 0.2) is 30.3 Å². The number of benzene rings is 1. The normalized spacial score (nSPS) is 20.9. The van der Waals surface area contributed by atoms with Gasteiger partial charge in [-0.3, -0.25) is 9.59 Å². The Balaban J connectivity index is 1.94. The minimum atomic E-state index is -0.949. The Kier molecular flexibility index (Phi) is 4.20. The summed E-state index contributed by atoms with van der Waals surface area (Å²) in [5.41, 5.74) is 1.12. The molecule has 19 heavy (non-hydrogen) atoms. The maximum absolute atomic E-state index is 12.1. The lowest BCUT2D eigenvalue weighted by Crippen LogP contribution is -2.38. The first kappa shape index (κ1) is 13.6. The fraction of sp³-hybridized carbons (Fsp3) is 0.467. The molecule has 2 rings (SSSR count). The number of carboxylic acid groups (broad SMARTS) is 1. The molecule has 0 saturated heterocycles. The summed E-state index contributed by atoms with van der Waals surface area (Å²) in [5.74, 6) is -0.517. The van der Waals surface area contributed by atoms with Crippen molar-refractivity contribution in [2.75, 3.05) is 13.1 Å². The predicted molar refractivity (Wildman–Crippen MR) is 71.6 cm³/mol. The molecule has 1 aliphatic rings. The lowest BCUT2D eigenvalue weighted by Gasteiger charge is -2.20. The van der Waals surface area contributed by atoms with E-state index in [1.54, 1.807) is 0 Å². The number of amides is 1. The van der Waals surface area contributed by atoms with Crippen LogP contribution in [0.4, 0.5) is 0 Å². The van der Waals surface area contributed by atoms with E-state index in [1.165, 1.54) is 4.90 Å². The van der Waals surface area contributed by atoms with E-state index in [0.717, 1.165) is 12.0 Å². The molecule has 4 nitrogen and oxygen atoms in total. The summed E-state index contributed by atoms with van der Waals surface area (Å²) >= 11 is 0. The van der Waals surface area contributed by atoms with Crippen LogP contribution in [0.25, 0.3) is 0 Å². The molecule has 0 aromatic heterocycles. The average molecular weight is 261 g/mol. The van der Waals surface area contributed by atoms with Gasteiger partial charge in [0, 0.05) is 12.5 Å². The largest absolute Gasteiger partial charge is 0.480 e. The molecule has 1 amide bonds. The van der Waals surface area contributed by atoms with Crippen LogP contribution in [0.1, 0.15) is 18.9 Å². The average Bonchev–Trinajstić information content (AvgIpc) is 3.11. The highest BCUT2D eigenvalue weighted by Gasteiger charge is 2.41. The van der Waals surface area contributed by atoms with Gasteiger partial charge in [-0.2, -0.15) is 0 Å². The highest BCUT2D eigenvalue weighted by atomic mass is 16.4. The third-order valence-electron chi connectivity index (χ3n) is 3.58. The second-order valence-electron chi connectivity index (χ2n) is 5.21. The van der Waals surface area contributed by atoms with Gasteiger partial charge >= 0.3 is 5.97 Å². The fourth-order valence-electron chi connectivity index (χ4n) is 2.24. The van der Waals surface area contributed by atoms with Gasteiger partial charge in [0.1, 0.15) is 6.54 Å². The molecule has 1 aromatic carbocycles. The van der Waals surface area contributed by atoms with Gasteiger partial charge in [-0.15, -0.1) is 0 Å². The topological polar surface area (TPSA) is 57.6 Å². The predicted octanol–water partition coefficient (Wildman–Crippen LogP) is 1.80. The second-order valence-corrected chi connectivity index (χ2v) is 5.21. The van der Waals surface area contributed by atoms with Crippen LogP contribution >= 0.6 is 0 Å². The van der Waals surface area contributed by atoms with E-state index >= 15 is 0 Å².